The van der Waals surface area contributed by atoms with Crippen LogP contribution < -0.4 is 14.4 Å². The number of ether oxygens (including phenoxy) is 2. The topological polar surface area (TPSA) is 119 Å². The molecule has 7 rings (SSSR count). The number of imidazole rings is 1. The highest BCUT2D eigenvalue weighted by Crippen LogP contribution is 2.46. The van der Waals surface area contributed by atoms with Gasteiger partial charge in [-0.1, -0.05) is 89.3 Å². The normalized spacial score (nSPS) is 15.6. The van der Waals surface area contributed by atoms with Crippen LogP contribution in [0.2, 0.25) is 5.02 Å². The van der Waals surface area contributed by atoms with E-state index in [1.165, 1.54) is 28.0 Å². The van der Waals surface area contributed by atoms with E-state index in [9.17, 15) is 14.7 Å². The van der Waals surface area contributed by atoms with Crippen molar-refractivity contribution in [3.8, 4) is 11.5 Å². The summed E-state index contributed by atoms with van der Waals surface area (Å²) >= 11 is 8.68. The first-order valence-corrected chi connectivity index (χ1v) is 17.9. The molecule has 1 aliphatic rings. The Labute approximate surface area is 301 Å². The molecular formula is C37H30ClN5O5S2. The smallest absolute Gasteiger partial charge is 0.301 e. The lowest BCUT2D eigenvalue weighted by molar-refractivity contribution is -0.132. The van der Waals surface area contributed by atoms with Gasteiger partial charge in [0.2, 0.25) is 5.13 Å². The number of fused-ring (bicyclic) bond motifs is 1. The number of amides is 1. The number of benzene rings is 3. The molecule has 1 atom stereocenters. The summed E-state index contributed by atoms with van der Waals surface area (Å²) in [5.74, 6) is -0.526. The fraction of sp³-hybridized carbons (Fsp3) is 0.162. The van der Waals surface area contributed by atoms with E-state index < -0.39 is 17.7 Å². The summed E-state index contributed by atoms with van der Waals surface area (Å²) in [6.45, 7) is 4.26. The second-order valence-electron chi connectivity index (χ2n) is 11.3. The van der Waals surface area contributed by atoms with Crippen LogP contribution in [0.25, 0.3) is 11.4 Å². The van der Waals surface area contributed by atoms with Gasteiger partial charge in [-0.3, -0.25) is 18.9 Å². The third kappa shape index (κ3) is 6.57. The second-order valence-corrected chi connectivity index (χ2v) is 13.9. The van der Waals surface area contributed by atoms with Crippen LogP contribution >= 0.6 is 34.7 Å². The molecule has 0 bridgehead atoms. The van der Waals surface area contributed by atoms with E-state index in [4.69, 9.17) is 21.1 Å². The van der Waals surface area contributed by atoms with E-state index in [1.807, 2.05) is 67.6 Å². The average molecular weight is 724 g/mol. The molecule has 3 aromatic carbocycles. The maximum atomic E-state index is 14.0. The van der Waals surface area contributed by atoms with Gasteiger partial charge in [0.1, 0.15) is 17.9 Å². The number of ketones is 1. The van der Waals surface area contributed by atoms with Crippen molar-refractivity contribution in [2.45, 2.75) is 36.6 Å². The fourth-order valence-corrected chi connectivity index (χ4v) is 7.72. The second kappa shape index (κ2) is 14.4. The molecule has 6 aromatic rings. The van der Waals surface area contributed by atoms with Gasteiger partial charge >= 0.3 is 5.91 Å². The first-order valence-electron chi connectivity index (χ1n) is 15.7. The summed E-state index contributed by atoms with van der Waals surface area (Å²) < 4.78 is 14.4. The quantitative estimate of drug-likeness (QED) is 0.0466. The first kappa shape index (κ1) is 33.3. The number of rotatable bonds is 11. The van der Waals surface area contributed by atoms with Crippen molar-refractivity contribution in [1.82, 2.24) is 19.6 Å². The highest BCUT2D eigenvalue weighted by molar-refractivity contribution is 8.00. The van der Waals surface area contributed by atoms with Crippen LogP contribution in [-0.2, 0) is 21.9 Å². The van der Waals surface area contributed by atoms with E-state index in [1.54, 1.807) is 47.9 Å². The first-order chi connectivity index (χ1) is 24.3. The standard InChI is InChI=1S/C37H30ClN5O5S2/c1-3-47-28-19-25(14-17-27(28)48-20-23-9-5-4-6-10-23)32-30(33(44)31-22(2)39-29-11-7-8-18-42(29)31)34(45)35(46)43(32)36-40-41-37(50-36)49-21-24-12-15-26(38)16-13-24/h4-19,32,44H,3,20-21H2,1-2H3/b33-30+. The van der Waals surface area contributed by atoms with E-state index in [-0.39, 0.29) is 16.5 Å². The van der Waals surface area contributed by atoms with Crippen LogP contribution in [0.4, 0.5) is 5.13 Å². The highest BCUT2D eigenvalue weighted by atomic mass is 35.5. The summed E-state index contributed by atoms with van der Waals surface area (Å²) in [6, 6.07) is 26.9. The molecule has 50 heavy (non-hydrogen) atoms. The maximum Gasteiger partial charge on any atom is 0.301 e. The van der Waals surface area contributed by atoms with Crippen molar-refractivity contribution in [3.63, 3.8) is 0 Å². The van der Waals surface area contributed by atoms with Crippen molar-refractivity contribution in [3.05, 3.63) is 136 Å². The molecule has 1 unspecified atom stereocenters. The monoisotopic (exact) mass is 723 g/mol. The van der Waals surface area contributed by atoms with Gasteiger partial charge in [-0.2, -0.15) is 0 Å². The fourth-order valence-electron chi connectivity index (χ4n) is 5.77. The number of halogens is 1. The molecule has 1 saturated heterocycles. The third-order valence-corrected chi connectivity index (χ3v) is 10.4. The Morgan fingerprint density at radius 1 is 0.940 bits per heavy atom. The molecule has 4 heterocycles. The number of hydrogen-bond acceptors (Lipinski definition) is 10. The lowest BCUT2D eigenvalue weighted by Crippen LogP contribution is -2.29. The molecule has 252 valence electrons. The van der Waals surface area contributed by atoms with Gasteiger partial charge in [-0.05, 0) is 66.9 Å². The summed E-state index contributed by atoms with van der Waals surface area (Å²) in [5, 5.41) is 21.5. The lowest BCUT2D eigenvalue weighted by atomic mass is 9.96. The van der Waals surface area contributed by atoms with Crippen LogP contribution in [0.5, 0.6) is 11.5 Å². The van der Waals surface area contributed by atoms with Crippen LogP contribution in [-0.4, -0.2) is 43.0 Å². The van der Waals surface area contributed by atoms with Gasteiger partial charge in [0.25, 0.3) is 5.78 Å². The molecule has 1 aliphatic heterocycles. The molecule has 1 N–H and O–H groups in total. The number of aliphatic hydroxyl groups excluding tert-OH is 1. The van der Waals surface area contributed by atoms with Crippen LogP contribution in [0.3, 0.4) is 0 Å². The summed E-state index contributed by atoms with van der Waals surface area (Å²) in [5.41, 5.74) is 3.83. The number of Topliss-reactive ketones (excluding diaryl/α,β-unsaturated/α-hetero) is 1. The lowest BCUT2D eigenvalue weighted by Gasteiger charge is -2.23. The Bertz CT molecular complexity index is 2240. The van der Waals surface area contributed by atoms with E-state index in [0.717, 1.165) is 11.1 Å². The number of hydrogen-bond donors (Lipinski definition) is 1. The number of nitrogens with zero attached hydrogens (tertiary/aromatic N) is 5. The molecule has 0 spiro atoms. The Hall–Kier alpha value is -5.17. The zero-order valence-corrected chi connectivity index (χ0v) is 29.3. The maximum absolute atomic E-state index is 14.0. The van der Waals surface area contributed by atoms with Crippen molar-refractivity contribution in [2.24, 2.45) is 0 Å². The predicted molar refractivity (Wildman–Crippen MR) is 194 cm³/mol. The third-order valence-electron chi connectivity index (χ3n) is 8.07. The van der Waals surface area contributed by atoms with E-state index in [2.05, 4.69) is 15.2 Å². The zero-order chi connectivity index (χ0) is 34.8. The average Bonchev–Trinajstić information content (AvgIpc) is 3.81. The number of thioether (sulfide) groups is 1. The molecule has 1 amide bonds. The highest BCUT2D eigenvalue weighted by Gasteiger charge is 2.49. The summed E-state index contributed by atoms with van der Waals surface area (Å²) in [7, 11) is 0. The van der Waals surface area contributed by atoms with Crippen LogP contribution in [0, 0.1) is 6.92 Å². The molecule has 3 aromatic heterocycles. The van der Waals surface area contributed by atoms with Crippen molar-refractivity contribution >= 4 is 62.9 Å². The van der Waals surface area contributed by atoms with Gasteiger partial charge in [-0.15, -0.1) is 10.2 Å². The number of pyridine rings is 1. The van der Waals surface area contributed by atoms with Crippen LogP contribution in [0.15, 0.2) is 107 Å². The summed E-state index contributed by atoms with van der Waals surface area (Å²) in [6.07, 6.45) is 1.75. The molecule has 0 saturated carbocycles. The molecule has 0 radical (unpaired) electrons. The molecular weight excluding hydrogens is 694 g/mol. The molecule has 13 heteroatoms. The Morgan fingerprint density at radius 3 is 2.50 bits per heavy atom. The van der Waals surface area contributed by atoms with Crippen molar-refractivity contribution in [1.29, 1.82) is 0 Å². The molecule has 0 aliphatic carbocycles. The van der Waals surface area contributed by atoms with Gasteiger partial charge < -0.3 is 14.6 Å². The van der Waals surface area contributed by atoms with Gasteiger partial charge in [0, 0.05) is 17.0 Å². The van der Waals surface area contributed by atoms with Gasteiger partial charge in [0.05, 0.1) is 23.9 Å². The Kier molecular flexibility index (Phi) is 9.57. The van der Waals surface area contributed by atoms with E-state index >= 15 is 0 Å². The van der Waals surface area contributed by atoms with Crippen molar-refractivity contribution in [2.75, 3.05) is 11.5 Å². The summed E-state index contributed by atoms with van der Waals surface area (Å²) in [4.78, 5) is 33.8. The number of aromatic nitrogens is 4. The Balaban J connectivity index is 1.31. The number of carbonyl (C=O) groups excluding carboxylic acids is 2. The molecule has 10 nitrogen and oxygen atoms in total. The minimum absolute atomic E-state index is 0.102. The van der Waals surface area contributed by atoms with E-state index in [0.29, 0.717) is 62.4 Å². The van der Waals surface area contributed by atoms with Gasteiger partial charge in [-0.25, -0.2) is 4.98 Å². The predicted octanol–water partition coefficient (Wildman–Crippen LogP) is 8.04. The zero-order valence-electron chi connectivity index (χ0n) is 26.9. The number of aliphatic hydroxyl groups is 1. The number of carbonyl (C=O) groups is 2. The number of anilines is 1. The Morgan fingerprint density at radius 2 is 1.72 bits per heavy atom. The van der Waals surface area contributed by atoms with Crippen molar-refractivity contribution < 1.29 is 24.2 Å². The number of aryl methyl sites for hydroxylation is 1. The van der Waals surface area contributed by atoms with Gasteiger partial charge in [0.15, 0.2) is 21.6 Å². The minimum Gasteiger partial charge on any atom is -0.505 e. The largest absolute Gasteiger partial charge is 0.505 e. The van der Waals surface area contributed by atoms with Crippen LogP contribution in [0.1, 0.15) is 41.0 Å². The minimum atomic E-state index is -1.06. The SMILES string of the molecule is CCOc1cc(C2/C(=C(\O)c3c(C)nc4ccccn34)C(=O)C(=O)N2c2nnc(SCc3ccc(Cl)cc3)s2)ccc1OCc1ccccc1. The molecule has 1 fully saturated rings.